The molecule has 2 heterocycles. The third-order valence-corrected chi connectivity index (χ3v) is 14.9. The SMILES string of the molecule is Cc1cc2nc3cc(C)c(NCCCCCCCCCCCC[As]c4ccc5nc6cc(C)c(N)cc6[n+](-c6ccccc6)c5c4C)cc3[n+](-c3ccccc3)c2cc1N.Cl. The Bertz CT molecular complexity index is 2760. The molecule has 8 aromatic rings. The molecule has 0 saturated carbocycles. The molecule has 0 atom stereocenters. The summed E-state index contributed by atoms with van der Waals surface area (Å²) in [5.74, 6) is 0. The van der Waals surface area contributed by atoms with Crippen molar-refractivity contribution >= 4 is 93.7 Å². The number of nitrogens with zero attached hydrogens (tertiary/aromatic N) is 4. The molecule has 8 rings (SSSR count). The van der Waals surface area contributed by atoms with Crippen LogP contribution in [-0.4, -0.2) is 32.3 Å². The summed E-state index contributed by atoms with van der Waals surface area (Å²) < 4.78 is 6.18. The molecule has 0 bridgehead atoms. The summed E-state index contributed by atoms with van der Waals surface area (Å²) in [5, 5.41) is 5.07. The van der Waals surface area contributed by atoms with Gasteiger partial charge in [0.1, 0.15) is 11.0 Å². The first-order valence-corrected chi connectivity index (χ1v) is 24.2. The number of hydrogen-bond donors (Lipinski definition) is 3. The molecule has 61 heavy (non-hydrogen) atoms. The number of rotatable bonds is 17. The van der Waals surface area contributed by atoms with E-state index in [4.69, 9.17) is 21.4 Å². The maximum absolute atomic E-state index is 6.43. The number of aromatic nitrogens is 4. The van der Waals surface area contributed by atoms with E-state index in [1.807, 2.05) is 6.92 Å². The summed E-state index contributed by atoms with van der Waals surface area (Å²) >= 11 is 0.0991. The second kappa shape index (κ2) is 20.1. The van der Waals surface area contributed by atoms with E-state index in [0.29, 0.717) is 0 Å². The summed E-state index contributed by atoms with van der Waals surface area (Å²) in [6, 6.07) is 38.6. The van der Waals surface area contributed by atoms with Crippen LogP contribution in [0.2, 0.25) is 5.21 Å². The van der Waals surface area contributed by atoms with Gasteiger partial charge < -0.3 is 11.1 Å². The Morgan fingerprint density at radius 2 is 0.984 bits per heavy atom. The van der Waals surface area contributed by atoms with Crippen molar-refractivity contribution in [2.24, 2.45) is 0 Å². The number of nitrogens with two attached hydrogens (primary N) is 2. The average molecular weight is 893 g/mol. The Morgan fingerprint density at radius 1 is 0.508 bits per heavy atom. The van der Waals surface area contributed by atoms with Gasteiger partial charge in [-0.2, -0.15) is 0 Å². The third-order valence-electron chi connectivity index (χ3n) is 12.1. The number of unbranched alkanes of at least 4 members (excludes halogenated alkanes) is 9. The van der Waals surface area contributed by atoms with Crippen molar-refractivity contribution in [2.45, 2.75) is 97.1 Å². The van der Waals surface area contributed by atoms with Crippen LogP contribution < -0.4 is 30.3 Å². The first-order valence-electron chi connectivity index (χ1n) is 21.9. The number of nitrogen functional groups attached to an aromatic ring is 2. The summed E-state index contributed by atoms with van der Waals surface area (Å²) in [7, 11) is 0. The molecule has 0 spiro atoms. The Hall–Kier alpha value is -5.23. The number of anilines is 3. The number of para-hydroxylation sites is 2. The van der Waals surface area contributed by atoms with E-state index in [0.717, 1.165) is 79.0 Å². The van der Waals surface area contributed by atoms with E-state index in [1.165, 1.54) is 96.1 Å². The number of nitrogens with one attached hydrogen (secondary N) is 1. The molecule has 5 N–H and O–H groups in total. The van der Waals surface area contributed by atoms with E-state index in [9.17, 15) is 0 Å². The fourth-order valence-electron chi connectivity index (χ4n) is 8.58. The number of hydrogen-bond acceptors (Lipinski definition) is 5. The van der Waals surface area contributed by atoms with Gasteiger partial charge in [-0.25, -0.2) is 4.98 Å². The average Bonchev–Trinajstić information content (AvgIpc) is 3.25. The standard InChI is InChI=1S/C52H57AsN7.ClH/c1-35-29-46-49(32-42(35)54)59(39-21-15-13-16-22-39)51-34-45(37(3)31-48(51)58-46)56-28-20-12-10-8-6-5-7-9-11-19-27-53-41-25-26-44-52(38(41)4)60(40-23-17-14-18-24-40)50-33-43(55)36(2)30-47(50)57-44;/h13-18,21-26,29-34,55H,5-12,19-20,27-28H2,1-4H3,(H2,54,56);1H/p+2. The minimum atomic E-state index is 0. The molecule has 9 heteroatoms. The molecular weight excluding hydrogens is 833 g/mol. The Labute approximate surface area is 374 Å². The second-order valence-corrected chi connectivity index (χ2v) is 19.2. The van der Waals surface area contributed by atoms with Gasteiger partial charge in [-0.15, -0.1) is 17.0 Å². The van der Waals surface area contributed by atoms with Crippen LogP contribution in [0.3, 0.4) is 0 Å². The van der Waals surface area contributed by atoms with Crippen molar-refractivity contribution in [2.75, 3.05) is 23.3 Å². The zero-order valence-corrected chi connectivity index (χ0v) is 38.9. The molecule has 0 aliphatic heterocycles. The van der Waals surface area contributed by atoms with Crippen molar-refractivity contribution < 1.29 is 9.13 Å². The van der Waals surface area contributed by atoms with Crippen molar-refractivity contribution in [1.29, 1.82) is 0 Å². The molecule has 313 valence electrons. The van der Waals surface area contributed by atoms with Crippen LogP contribution in [0.25, 0.3) is 55.5 Å². The van der Waals surface area contributed by atoms with Gasteiger partial charge in [0.2, 0.25) is 16.7 Å². The van der Waals surface area contributed by atoms with Crippen molar-refractivity contribution in [3.05, 3.63) is 131 Å². The van der Waals surface area contributed by atoms with Crippen LogP contribution in [-0.2, 0) is 0 Å². The predicted molar refractivity (Wildman–Crippen MR) is 261 cm³/mol. The van der Waals surface area contributed by atoms with Gasteiger partial charge in [-0.1, -0.05) is 18.2 Å². The molecule has 7 nitrogen and oxygen atoms in total. The van der Waals surface area contributed by atoms with Crippen molar-refractivity contribution in [1.82, 2.24) is 9.97 Å². The zero-order valence-electron chi connectivity index (χ0n) is 36.2. The van der Waals surface area contributed by atoms with Crippen molar-refractivity contribution in [3.8, 4) is 11.4 Å². The molecule has 1 radical (unpaired) electrons. The van der Waals surface area contributed by atoms with Crippen LogP contribution in [0.4, 0.5) is 17.1 Å². The van der Waals surface area contributed by atoms with Crippen molar-refractivity contribution in [3.63, 3.8) is 0 Å². The second-order valence-electron chi connectivity index (χ2n) is 16.5. The van der Waals surface area contributed by atoms with Gasteiger partial charge in [-0.3, -0.25) is 0 Å². The maximum Gasteiger partial charge on any atom is 0.239 e. The van der Waals surface area contributed by atoms with Gasteiger partial charge >= 0.3 is 224 Å². The quantitative estimate of drug-likeness (QED) is 0.0278. The molecule has 0 amide bonds. The number of aryl methyl sites for hydroxylation is 4. The first kappa shape index (κ1) is 43.8. The monoisotopic (exact) mass is 892 g/mol. The van der Waals surface area contributed by atoms with Gasteiger partial charge in [0.25, 0.3) is 0 Å². The molecule has 6 aromatic carbocycles. The van der Waals surface area contributed by atoms with Crippen LogP contribution in [0.15, 0.2) is 109 Å². The summed E-state index contributed by atoms with van der Waals surface area (Å²) in [6.07, 6.45) is 13.1. The van der Waals surface area contributed by atoms with E-state index < -0.39 is 0 Å². The topological polar surface area (TPSA) is 97.6 Å². The van der Waals surface area contributed by atoms with Gasteiger partial charge in [0, 0.05) is 35.6 Å². The normalized spacial score (nSPS) is 11.7. The minimum absolute atomic E-state index is 0. The molecule has 2 aromatic heterocycles. The summed E-state index contributed by atoms with van der Waals surface area (Å²) in [5.41, 5.74) is 30.8. The number of benzene rings is 6. The zero-order chi connectivity index (χ0) is 41.6. The Morgan fingerprint density at radius 3 is 1.57 bits per heavy atom. The van der Waals surface area contributed by atoms with E-state index in [-0.39, 0.29) is 28.2 Å². The molecular formula is C52H60AsClN7+2. The van der Waals surface area contributed by atoms with Crippen LogP contribution >= 0.6 is 12.4 Å². The van der Waals surface area contributed by atoms with Gasteiger partial charge in [0.05, 0.1) is 0 Å². The largest absolute Gasteiger partial charge is 0.398 e. The fraction of sp³-hybridized carbons (Fsp3) is 0.308. The molecule has 0 aliphatic carbocycles. The van der Waals surface area contributed by atoms with Crippen LogP contribution in [0.1, 0.15) is 86.5 Å². The number of halogens is 1. The first-order chi connectivity index (χ1) is 29.3. The molecule has 0 saturated heterocycles. The fourth-order valence-corrected chi connectivity index (χ4v) is 11.0. The van der Waals surface area contributed by atoms with Crippen LogP contribution in [0.5, 0.6) is 0 Å². The third kappa shape index (κ3) is 9.80. The Kier molecular flexibility index (Phi) is 14.4. The van der Waals surface area contributed by atoms with E-state index >= 15 is 0 Å². The van der Waals surface area contributed by atoms with Crippen LogP contribution in [0, 0.1) is 27.7 Å². The molecule has 0 fully saturated rings. The molecule has 0 aliphatic rings. The smallest absolute Gasteiger partial charge is 0.239 e. The minimum Gasteiger partial charge on any atom is -0.398 e. The number of fused-ring (bicyclic) bond motifs is 4. The maximum atomic E-state index is 6.43. The van der Waals surface area contributed by atoms with E-state index in [1.54, 1.807) is 0 Å². The molecule has 0 unspecified atom stereocenters. The predicted octanol–water partition coefficient (Wildman–Crippen LogP) is 11.2. The Balaban J connectivity index is 0.00000561. The van der Waals surface area contributed by atoms with Gasteiger partial charge in [-0.05, 0) is 37.1 Å². The summed E-state index contributed by atoms with van der Waals surface area (Å²) in [4.78, 5) is 10.2. The van der Waals surface area contributed by atoms with Gasteiger partial charge in [0.15, 0.2) is 0 Å². The summed E-state index contributed by atoms with van der Waals surface area (Å²) in [6.45, 7) is 9.54. The van der Waals surface area contributed by atoms with E-state index in [2.05, 4.69) is 144 Å².